The maximum Gasteiger partial charge on any atom is 0.159 e. The summed E-state index contributed by atoms with van der Waals surface area (Å²) in [6.45, 7) is 0. The molecule has 0 aliphatic heterocycles. The summed E-state index contributed by atoms with van der Waals surface area (Å²) in [6.07, 6.45) is 8.94. The normalized spacial score (nSPS) is 11.4. The highest BCUT2D eigenvalue weighted by Gasteiger charge is 2.16. The average molecular weight is 378 g/mol. The zero-order valence-corrected chi connectivity index (χ0v) is 15.1. The van der Waals surface area contributed by atoms with Gasteiger partial charge in [-0.2, -0.15) is 10.2 Å². The number of aromatic nitrogens is 8. The molecule has 3 N–H and O–H groups in total. The molecule has 0 spiro atoms. The molecule has 5 aromatic heterocycles. The summed E-state index contributed by atoms with van der Waals surface area (Å²) in [5.74, 6) is 0.701. The smallest absolute Gasteiger partial charge is 0.159 e. The Balaban J connectivity index is 1.54. The largest absolute Gasteiger partial charge is 0.337 e. The molecular weight excluding hydrogens is 364 g/mol. The van der Waals surface area contributed by atoms with E-state index < -0.39 is 0 Å². The second-order valence-corrected chi connectivity index (χ2v) is 6.70. The van der Waals surface area contributed by atoms with Crippen molar-refractivity contribution in [2.24, 2.45) is 0 Å². The predicted octanol–water partition coefficient (Wildman–Crippen LogP) is 3.95. The van der Waals surface area contributed by atoms with Crippen molar-refractivity contribution in [3.8, 4) is 33.9 Å². The molecule has 0 unspecified atom stereocenters. The molecular formula is C21H14N8. The second-order valence-electron chi connectivity index (χ2n) is 6.70. The Bertz CT molecular complexity index is 1440. The number of hydrogen-bond acceptors (Lipinski definition) is 5. The fraction of sp³-hybridized carbons (Fsp3) is 0. The minimum Gasteiger partial charge on any atom is -0.337 e. The number of hydrogen-bond donors (Lipinski definition) is 3. The molecule has 0 aliphatic carbocycles. The minimum atomic E-state index is 0.701. The first kappa shape index (κ1) is 15.7. The standard InChI is InChI=1S/C21H14N8/c1-4-14(12-3-2-6-22-8-12)19-16(5-1)26-21(27-19)20-15-7-17(13-9-24-25-10-13)23-11-18(15)28-29-20/h1-11H,(H,24,25)(H,26,27)(H,28,29). The minimum absolute atomic E-state index is 0.701. The van der Waals surface area contributed by atoms with E-state index in [4.69, 9.17) is 4.98 Å². The molecule has 5 heterocycles. The van der Waals surface area contributed by atoms with E-state index in [1.54, 1.807) is 18.6 Å². The van der Waals surface area contributed by atoms with Crippen molar-refractivity contribution in [2.45, 2.75) is 0 Å². The number of nitrogens with zero attached hydrogens (tertiary/aromatic N) is 5. The molecule has 0 saturated carbocycles. The molecule has 6 aromatic rings. The zero-order chi connectivity index (χ0) is 19.2. The highest BCUT2D eigenvalue weighted by molar-refractivity contribution is 5.97. The van der Waals surface area contributed by atoms with Crippen molar-refractivity contribution in [1.82, 2.24) is 40.3 Å². The van der Waals surface area contributed by atoms with Crippen LogP contribution in [0.4, 0.5) is 0 Å². The number of imidazole rings is 1. The van der Waals surface area contributed by atoms with E-state index in [9.17, 15) is 0 Å². The SMILES string of the molecule is c1cncc(-c2cccc3[nH]c(-c4n[nH]c5cnc(-c6cn[nH]c6)cc45)nc23)c1. The molecule has 0 bridgehead atoms. The van der Waals surface area contributed by atoms with E-state index >= 15 is 0 Å². The molecule has 0 radical (unpaired) electrons. The Morgan fingerprint density at radius 1 is 0.897 bits per heavy atom. The van der Waals surface area contributed by atoms with Gasteiger partial charge >= 0.3 is 0 Å². The Labute approximate surface area is 164 Å². The van der Waals surface area contributed by atoms with Crippen LogP contribution in [-0.2, 0) is 0 Å². The lowest BCUT2D eigenvalue weighted by Crippen LogP contribution is -1.84. The summed E-state index contributed by atoms with van der Waals surface area (Å²) in [4.78, 5) is 17.0. The van der Waals surface area contributed by atoms with Crippen LogP contribution in [0.15, 0.2) is 67.4 Å². The number of pyridine rings is 2. The van der Waals surface area contributed by atoms with Gasteiger partial charge in [-0.05, 0) is 18.2 Å². The molecule has 8 heteroatoms. The van der Waals surface area contributed by atoms with E-state index in [1.807, 2.05) is 48.8 Å². The van der Waals surface area contributed by atoms with Crippen LogP contribution in [0.2, 0.25) is 0 Å². The Hall–Kier alpha value is -4.33. The van der Waals surface area contributed by atoms with Gasteiger partial charge in [-0.25, -0.2) is 4.98 Å². The number of fused-ring (bicyclic) bond motifs is 2. The molecule has 0 atom stereocenters. The van der Waals surface area contributed by atoms with Gasteiger partial charge in [0.05, 0.1) is 34.6 Å². The molecule has 29 heavy (non-hydrogen) atoms. The van der Waals surface area contributed by atoms with Gasteiger partial charge in [0.1, 0.15) is 5.69 Å². The summed E-state index contributed by atoms with van der Waals surface area (Å²) < 4.78 is 0. The number of H-pyrrole nitrogens is 3. The Morgan fingerprint density at radius 3 is 2.76 bits per heavy atom. The van der Waals surface area contributed by atoms with Crippen LogP contribution in [0, 0.1) is 0 Å². The Morgan fingerprint density at radius 2 is 1.90 bits per heavy atom. The van der Waals surface area contributed by atoms with Gasteiger partial charge in [-0.15, -0.1) is 0 Å². The monoisotopic (exact) mass is 378 g/mol. The second kappa shape index (κ2) is 6.10. The van der Waals surface area contributed by atoms with Gasteiger partial charge in [0.2, 0.25) is 0 Å². The molecule has 6 rings (SSSR count). The van der Waals surface area contributed by atoms with Gasteiger partial charge in [0.15, 0.2) is 5.82 Å². The lowest BCUT2D eigenvalue weighted by atomic mass is 10.1. The van der Waals surface area contributed by atoms with Crippen LogP contribution in [0.5, 0.6) is 0 Å². The first-order valence-electron chi connectivity index (χ1n) is 9.09. The fourth-order valence-corrected chi connectivity index (χ4v) is 3.55. The summed E-state index contributed by atoms with van der Waals surface area (Å²) in [6, 6.07) is 12.0. The van der Waals surface area contributed by atoms with Crippen LogP contribution in [0.1, 0.15) is 0 Å². The van der Waals surface area contributed by atoms with Crippen LogP contribution >= 0.6 is 0 Å². The molecule has 138 valence electrons. The molecule has 0 saturated heterocycles. The quantitative estimate of drug-likeness (QED) is 0.432. The van der Waals surface area contributed by atoms with E-state index in [1.165, 1.54) is 0 Å². The lowest BCUT2D eigenvalue weighted by Gasteiger charge is -2.00. The maximum absolute atomic E-state index is 4.87. The first-order chi connectivity index (χ1) is 14.4. The predicted molar refractivity (Wildman–Crippen MR) is 110 cm³/mol. The van der Waals surface area contributed by atoms with Crippen LogP contribution in [0.25, 0.3) is 55.8 Å². The van der Waals surface area contributed by atoms with Gasteiger partial charge < -0.3 is 4.98 Å². The van der Waals surface area contributed by atoms with Crippen molar-refractivity contribution in [1.29, 1.82) is 0 Å². The lowest BCUT2D eigenvalue weighted by molar-refractivity contribution is 1.09. The maximum atomic E-state index is 4.87. The summed E-state index contributed by atoms with van der Waals surface area (Å²) >= 11 is 0. The third-order valence-electron chi connectivity index (χ3n) is 4.95. The van der Waals surface area contributed by atoms with Crippen LogP contribution in [0.3, 0.4) is 0 Å². The first-order valence-corrected chi connectivity index (χ1v) is 9.09. The third-order valence-corrected chi connectivity index (χ3v) is 4.95. The zero-order valence-electron chi connectivity index (χ0n) is 15.1. The van der Waals surface area contributed by atoms with Crippen LogP contribution in [-0.4, -0.2) is 40.3 Å². The summed E-state index contributed by atoms with van der Waals surface area (Å²) in [5, 5.41) is 15.3. The van der Waals surface area contributed by atoms with Crippen molar-refractivity contribution >= 4 is 21.9 Å². The van der Waals surface area contributed by atoms with E-state index in [0.717, 1.165) is 50.0 Å². The number of para-hydroxylation sites is 1. The van der Waals surface area contributed by atoms with Crippen molar-refractivity contribution in [3.05, 3.63) is 67.4 Å². The van der Waals surface area contributed by atoms with Crippen LogP contribution < -0.4 is 0 Å². The van der Waals surface area contributed by atoms with E-state index in [0.29, 0.717) is 5.82 Å². The summed E-state index contributed by atoms with van der Waals surface area (Å²) in [5.41, 5.74) is 7.22. The number of benzene rings is 1. The molecule has 8 nitrogen and oxygen atoms in total. The number of aromatic amines is 3. The van der Waals surface area contributed by atoms with Gasteiger partial charge in [0.25, 0.3) is 0 Å². The highest BCUT2D eigenvalue weighted by Crippen LogP contribution is 2.32. The Kier molecular flexibility index (Phi) is 3.30. The van der Waals surface area contributed by atoms with Gasteiger partial charge in [0, 0.05) is 40.7 Å². The molecule has 0 aliphatic rings. The third kappa shape index (κ3) is 2.50. The number of nitrogens with one attached hydrogen (secondary N) is 3. The highest BCUT2D eigenvalue weighted by atomic mass is 15.1. The van der Waals surface area contributed by atoms with E-state index in [-0.39, 0.29) is 0 Å². The van der Waals surface area contributed by atoms with Gasteiger partial charge in [-0.1, -0.05) is 18.2 Å². The molecule has 1 aromatic carbocycles. The van der Waals surface area contributed by atoms with Gasteiger partial charge in [-0.3, -0.25) is 20.2 Å². The van der Waals surface area contributed by atoms with Crippen molar-refractivity contribution < 1.29 is 0 Å². The van der Waals surface area contributed by atoms with Crippen molar-refractivity contribution in [2.75, 3.05) is 0 Å². The number of rotatable bonds is 3. The fourth-order valence-electron chi connectivity index (χ4n) is 3.55. The molecule has 0 amide bonds. The summed E-state index contributed by atoms with van der Waals surface area (Å²) in [7, 11) is 0. The topological polar surface area (TPSA) is 112 Å². The van der Waals surface area contributed by atoms with Crippen molar-refractivity contribution in [3.63, 3.8) is 0 Å². The average Bonchev–Trinajstić information content (AvgIpc) is 3.52. The van der Waals surface area contributed by atoms with E-state index in [2.05, 4.69) is 35.3 Å². The molecule has 0 fully saturated rings.